The Morgan fingerprint density at radius 1 is 0.667 bits per heavy atom. The Balaban J connectivity index is 1.25. The molecule has 0 atom stereocenters. The molecule has 2 amide bonds. The van der Waals surface area contributed by atoms with Crippen LogP contribution in [0.5, 0.6) is 0 Å². The number of anilines is 4. The molecular weight excluding hydrogens is 446 g/mol. The minimum atomic E-state index is -0.280. The quantitative estimate of drug-likeness (QED) is 0.143. The minimum Gasteiger partial charge on any atom is -0.354 e. The molecule has 1 aromatic heterocycles. The fraction of sp³-hybridized carbons (Fsp3) is 0.133. The summed E-state index contributed by atoms with van der Waals surface area (Å²) in [4.78, 5) is 17.3. The molecule has 4 aromatic carbocycles. The molecule has 36 heavy (non-hydrogen) atoms. The Hall–Kier alpha value is -4.42. The van der Waals surface area contributed by atoms with Gasteiger partial charge in [0, 0.05) is 27.8 Å². The van der Waals surface area contributed by atoms with Gasteiger partial charge in [-0.1, -0.05) is 48.5 Å². The van der Waals surface area contributed by atoms with E-state index in [9.17, 15) is 4.79 Å². The summed E-state index contributed by atoms with van der Waals surface area (Å²) in [5.74, 6) is 0. The number of hydrogen-bond donors (Lipinski definition) is 4. The van der Waals surface area contributed by atoms with Gasteiger partial charge in [-0.05, 0) is 79.9 Å². The predicted molar refractivity (Wildman–Crippen MR) is 150 cm³/mol. The molecule has 180 valence electrons. The first-order chi connectivity index (χ1) is 17.7. The molecule has 6 heteroatoms. The molecule has 0 aliphatic rings. The first kappa shape index (κ1) is 23.3. The van der Waals surface area contributed by atoms with Gasteiger partial charge in [0.2, 0.25) is 0 Å². The van der Waals surface area contributed by atoms with Crippen LogP contribution in [0.4, 0.5) is 27.5 Å². The van der Waals surface area contributed by atoms with Crippen LogP contribution in [0.2, 0.25) is 0 Å². The standard InChI is InChI=1S/C30H29N5O/c31-20-6-5-7-21-12-14-23(15-13-21)33-30(36)34-24-18-16-22(17-19-24)32-29-25-8-1-3-10-27(25)35-28-11-4-2-9-26(28)29/h1-4,8-19H,5-7,20,31H2,(H,32,35)(H2,33,34,36). The van der Waals surface area contributed by atoms with Gasteiger partial charge in [0.15, 0.2) is 0 Å². The van der Waals surface area contributed by atoms with Crippen LogP contribution >= 0.6 is 0 Å². The van der Waals surface area contributed by atoms with Crippen LogP contribution in [0, 0.1) is 0 Å². The number of aromatic nitrogens is 1. The SMILES string of the molecule is NCCCCc1ccc(NC(=O)Nc2ccc(Nc3c4ccccc4nc4ccccc34)cc2)cc1. The van der Waals surface area contributed by atoms with E-state index < -0.39 is 0 Å². The van der Waals surface area contributed by atoms with Gasteiger partial charge in [-0.3, -0.25) is 0 Å². The van der Waals surface area contributed by atoms with E-state index in [4.69, 9.17) is 10.7 Å². The Bertz CT molecular complexity index is 1430. The maximum Gasteiger partial charge on any atom is 0.323 e. The van der Waals surface area contributed by atoms with Gasteiger partial charge in [0.1, 0.15) is 0 Å². The third-order valence-corrected chi connectivity index (χ3v) is 6.13. The number of amides is 2. The Morgan fingerprint density at radius 2 is 1.19 bits per heavy atom. The summed E-state index contributed by atoms with van der Waals surface area (Å²) in [5, 5.41) is 11.5. The maximum absolute atomic E-state index is 12.5. The molecule has 0 spiro atoms. The molecule has 0 aliphatic carbocycles. The normalized spacial score (nSPS) is 10.9. The number of rotatable bonds is 8. The second kappa shape index (κ2) is 10.9. The van der Waals surface area contributed by atoms with E-state index in [1.165, 1.54) is 5.56 Å². The summed E-state index contributed by atoms with van der Waals surface area (Å²) < 4.78 is 0. The molecule has 5 aromatic rings. The maximum atomic E-state index is 12.5. The van der Waals surface area contributed by atoms with Crippen LogP contribution in [-0.4, -0.2) is 17.6 Å². The topological polar surface area (TPSA) is 92.1 Å². The predicted octanol–water partition coefficient (Wildman–Crippen LogP) is 7.06. The smallest absolute Gasteiger partial charge is 0.323 e. The monoisotopic (exact) mass is 475 g/mol. The van der Waals surface area contributed by atoms with Crippen LogP contribution < -0.4 is 21.7 Å². The van der Waals surface area contributed by atoms with Gasteiger partial charge < -0.3 is 21.7 Å². The molecule has 5 N–H and O–H groups in total. The number of unbranched alkanes of at least 4 members (excludes halogenated alkanes) is 1. The van der Waals surface area contributed by atoms with Crippen molar-refractivity contribution in [3.8, 4) is 0 Å². The lowest BCUT2D eigenvalue weighted by atomic mass is 10.1. The fourth-order valence-electron chi connectivity index (χ4n) is 4.28. The average Bonchev–Trinajstić information content (AvgIpc) is 2.91. The lowest BCUT2D eigenvalue weighted by Gasteiger charge is -2.14. The van der Waals surface area contributed by atoms with E-state index in [1.807, 2.05) is 84.9 Å². The zero-order valence-electron chi connectivity index (χ0n) is 20.0. The molecule has 0 aliphatic heterocycles. The van der Waals surface area contributed by atoms with E-state index in [2.05, 4.69) is 28.1 Å². The summed E-state index contributed by atoms with van der Waals surface area (Å²) in [6, 6.07) is 31.5. The lowest BCUT2D eigenvalue weighted by molar-refractivity contribution is 0.262. The molecule has 0 bridgehead atoms. The van der Waals surface area contributed by atoms with Crippen molar-refractivity contribution in [3.63, 3.8) is 0 Å². The van der Waals surface area contributed by atoms with Crippen molar-refractivity contribution in [2.75, 3.05) is 22.5 Å². The van der Waals surface area contributed by atoms with Crippen molar-refractivity contribution < 1.29 is 4.79 Å². The fourth-order valence-corrected chi connectivity index (χ4v) is 4.28. The van der Waals surface area contributed by atoms with Crippen LogP contribution in [0.1, 0.15) is 18.4 Å². The van der Waals surface area contributed by atoms with Gasteiger partial charge in [-0.15, -0.1) is 0 Å². The van der Waals surface area contributed by atoms with E-state index in [-0.39, 0.29) is 6.03 Å². The zero-order chi connectivity index (χ0) is 24.7. The van der Waals surface area contributed by atoms with Crippen molar-refractivity contribution in [3.05, 3.63) is 103 Å². The average molecular weight is 476 g/mol. The summed E-state index contributed by atoms with van der Waals surface area (Å²) in [6.07, 6.45) is 3.09. The molecule has 5 rings (SSSR count). The Morgan fingerprint density at radius 3 is 1.78 bits per heavy atom. The minimum absolute atomic E-state index is 0.280. The Labute approximate surface area is 210 Å². The molecule has 6 nitrogen and oxygen atoms in total. The zero-order valence-corrected chi connectivity index (χ0v) is 20.0. The van der Waals surface area contributed by atoms with Crippen molar-refractivity contribution in [1.29, 1.82) is 0 Å². The summed E-state index contributed by atoms with van der Waals surface area (Å²) in [5.41, 5.74) is 12.1. The van der Waals surface area contributed by atoms with Gasteiger partial charge in [0.05, 0.1) is 16.7 Å². The van der Waals surface area contributed by atoms with Crippen LogP contribution in [0.3, 0.4) is 0 Å². The molecule has 0 radical (unpaired) electrons. The van der Waals surface area contributed by atoms with E-state index >= 15 is 0 Å². The molecular formula is C30H29N5O. The third kappa shape index (κ3) is 5.45. The number of fused-ring (bicyclic) bond motifs is 2. The van der Waals surface area contributed by atoms with Gasteiger partial charge >= 0.3 is 6.03 Å². The number of carbonyl (C=O) groups excluding carboxylic acids is 1. The highest BCUT2D eigenvalue weighted by atomic mass is 16.2. The number of urea groups is 1. The van der Waals surface area contributed by atoms with Crippen molar-refractivity contribution in [2.24, 2.45) is 5.73 Å². The molecule has 0 unspecified atom stereocenters. The third-order valence-electron chi connectivity index (χ3n) is 6.13. The number of carbonyl (C=O) groups is 1. The summed E-state index contributed by atoms with van der Waals surface area (Å²) >= 11 is 0. The van der Waals surface area contributed by atoms with Crippen molar-refractivity contribution >= 4 is 50.6 Å². The first-order valence-electron chi connectivity index (χ1n) is 12.2. The van der Waals surface area contributed by atoms with Crippen molar-refractivity contribution in [2.45, 2.75) is 19.3 Å². The lowest BCUT2D eigenvalue weighted by Crippen LogP contribution is -2.19. The number of hydrogen-bond acceptors (Lipinski definition) is 4. The highest BCUT2D eigenvalue weighted by molar-refractivity contribution is 6.08. The van der Waals surface area contributed by atoms with E-state index in [1.54, 1.807) is 0 Å². The summed E-state index contributed by atoms with van der Waals surface area (Å²) in [7, 11) is 0. The number of nitrogens with zero attached hydrogens (tertiary/aromatic N) is 1. The van der Waals surface area contributed by atoms with Gasteiger partial charge in [0.25, 0.3) is 0 Å². The number of benzene rings is 4. The second-order valence-electron chi connectivity index (χ2n) is 8.75. The van der Waals surface area contributed by atoms with E-state index in [0.717, 1.165) is 58.1 Å². The van der Waals surface area contributed by atoms with Gasteiger partial charge in [-0.2, -0.15) is 0 Å². The number of nitrogens with one attached hydrogen (secondary N) is 3. The molecule has 0 saturated heterocycles. The van der Waals surface area contributed by atoms with Crippen molar-refractivity contribution in [1.82, 2.24) is 4.98 Å². The molecule has 0 fully saturated rings. The van der Waals surface area contributed by atoms with Crippen LogP contribution in [0.15, 0.2) is 97.1 Å². The molecule has 0 saturated carbocycles. The van der Waals surface area contributed by atoms with Gasteiger partial charge in [-0.25, -0.2) is 9.78 Å². The Kier molecular flexibility index (Phi) is 7.05. The number of aryl methyl sites for hydroxylation is 1. The number of nitrogens with two attached hydrogens (primary N) is 1. The molecule has 1 heterocycles. The second-order valence-corrected chi connectivity index (χ2v) is 8.75. The number of pyridine rings is 1. The highest BCUT2D eigenvalue weighted by Gasteiger charge is 2.09. The highest BCUT2D eigenvalue weighted by Crippen LogP contribution is 2.33. The summed E-state index contributed by atoms with van der Waals surface area (Å²) in [6.45, 7) is 0.717. The van der Waals surface area contributed by atoms with E-state index in [0.29, 0.717) is 12.2 Å². The largest absolute Gasteiger partial charge is 0.354 e. The number of para-hydroxylation sites is 2. The van der Waals surface area contributed by atoms with Crippen LogP contribution in [0.25, 0.3) is 21.8 Å². The van der Waals surface area contributed by atoms with Crippen LogP contribution in [-0.2, 0) is 6.42 Å². The first-order valence-corrected chi connectivity index (χ1v) is 12.2.